The molecule has 0 aliphatic rings. The Bertz CT molecular complexity index is 306. The van der Waals surface area contributed by atoms with E-state index in [1.54, 1.807) is 20.8 Å². The Balaban J connectivity index is 4.41. The van der Waals surface area contributed by atoms with Crippen molar-refractivity contribution in [1.29, 1.82) is 0 Å². The maximum atomic E-state index is 11.3. The fraction of sp³-hybridized carbons (Fsp3) is 0.700. The van der Waals surface area contributed by atoms with E-state index < -0.39 is 36.1 Å². The standard InChI is InChI=1S/C10H17NO6/c1-10(2,3)17-9(15)11-6(8(13)14)5-7(12)16-4/h6H,5H2,1-4H3,(H,11,15)(H,13,14)/p-1/t6-/m0/s1. The van der Waals surface area contributed by atoms with Crippen molar-refractivity contribution in [3.05, 3.63) is 0 Å². The van der Waals surface area contributed by atoms with Gasteiger partial charge in [0.1, 0.15) is 5.60 Å². The predicted molar refractivity (Wildman–Crippen MR) is 54.8 cm³/mol. The summed E-state index contributed by atoms with van der Waals surface area (Å²) in [5.41, 5.74) is -0.758. The molecule has 17 heavy (non-hydrogen) atoms. The number of hydrogen-bond acceptors (Lipinski definition) is 6. The van der Waals surface area contributed by atoms with Gasteiger partial charge in [-0.25, -0.2) is 4.79 Å². The van der Waals surface area contributed by atoms with Gasteiger partial charge in [0.25, 0.3) is 0 Å². The topological polar surface area (TPSA) is 105 Å². The van der Waals surface area contributed by atoms with E-state index in [9.17, 15) is 19.5 Å². The molecule has 0 aromatic heterocycles. The maximum absolute atomic E-state index is 11.3. The number of rotatable bonds is 4. The van der Waals surface area contributed by atoms with Gasteiger partial charge in [0.15, 0.2) is 0 Å². The van der Waals surface area contributed by atoms with Gasteiger partial charge in [-0.2, -0.15) is 0 Å². The van der Waals surface area contributed by atoms with Crippen molar-refractivity contribution in [2.24, 2.45) is 0 Å². The third-order valence-electron chi connectivity index (χ3n) is 1.57. The number of ether oxygens (including phenoxy) is 2. The number of carboxylic acid groups (broad SMARTS) is 1. The number of alkyl carbamates (subject to hydrolysis) is 1. The van der Waals surface area contributed by atoms with E-state index in [4.69, 9.17) is 4.74 Å². The third kappa shape index (κ3) is 7.15. The van der Waals surface area contributed by atoms with Crippen LogP contribution in [0.3, 0.4) is 0 Å². The Morgan fingerprint density at radius 2 is 1.82 bits per heavy atom. The first kappa shape index (κ1) is 15.2. The summed E-state index contributed by atoms with van der Waals surface area (Å²) in [4.78, 5) is 32.8. The SMILES string of the molecule is COC(=O)C[C@H](NC(=O)OC(C)(C)C)C(=O)[O-]. The summed E-state index contributed by atoms with van der Waals surface area (Å²) in [5, 5.41) is 12.7. The summed E-state index contributed by atoms with van der Waals surface area (Å²) in [7, 11) is 1.11. The van der Waals surface area contributed by atoms with Crippen LogP contribution < -0.4 is 10.4 Å². The number of methoxy groups -OCH3 is 1. The Labute approximate surface area is 99.1 Å². The molecule has 1 amide bonds. The number of nitrogens with one attached hydrogen (secondary N) is 1. The lowest BCUT2D eigenvalue weighted by atomic mass is 10.2. The molecule has 0 saturated carbocycles. The van der Waals surface area contributed by atoms with Gasteiger partial charge in [0.2, 0.25) is 0 Å². The molecular formula is C10H16NO6-. The summed E-state index contributed by atoms with van der Waals surface area (Å²) >= 11 is 0. The largest absolute Gasteiger partial charge is 0.548 e. The number of carboxylic acids is 1. The van der Waals surface area contributed by atoms with Crippen molar-refractivity contribution >= 4 is 18.0 Å². The van der Waals surface area contributed by atoms with Crippen molar-refractivity contribution in [2.75, 3.05) is 7.11 Å². The Kier molecular flexibility index (Phi) is 5.43. The molecule has 0 fully saturated rings. The molecule has 7 nitrogen and oxygen atoms in total. The van der Waals surface area contributed by atoms with Crippen LogP contribution in [0.4, 0.5) is 4.79 Å². The van der Waals surface area contributed by atoms with Gasteiger partial charge < -0.3 is 24.7 Å². The minimum absolute atomic E-state index is 0.516. The molecule has 0 unspecified atom stereocenters. The second-order valence-corrected chi connectivity index (χ2v) is 4.30. The Hall–Kier alpha value is -1.79. The van der Waals surface area contributed by atoms with E-state index in [0.29, 0.717) is 0 Å². The van der Waals surface area contributed by atoms with Crippen LogP contribution in [-0.4, -0.2) is 36.8 Å². The minimum Gasteiger partial charge on any atom is -0.548 e. The van der Waals surface area contributed by atoms with Crippen LogP contribution in [0.2, 0.25) is 0 Å². The van der Waals surface area contributed by atoms with E-state index in [-0.39, 0.29) is 0 Å². The van der Waals surface area contributed by atoms with Crippen molar-refractivity contribution in [3.63, 3.8) is 0 Å². The highest BCUT2D eigenvalue weighted by molar-refractivity contribution is 5.84. The van der Waals surface area contributed by atoms with Gasteiger partial charge >= 0.3 is 12.1 Å². The number of hydrogen-bond donors (Lipinski definition) is 1. The summed E-state index contributed by atoms with van der Waals surface area (Å²) < 4.78 is 9.13. The zero-order chi connectivity index (χ0) is 13.6. The Morgan fingerprint density at radius 3 is 2.18 bits per heavy atom. The van der Waals surface area contributed by atoms with Crippen molar-refractivity contribution in [3.8, 4) is 0 Å². The molecule has 0 radical (unpaired) electrons. The van der Waals surface area contributed by atoms with E-state index >= 15 is 0 Å². The second-order valence-electron chi connectivity index (χ2n) is 4.30. The zero-order valence-corrected chi connectivity index (χ0v) is 10.2. The molecular weight excluding hydrogens is 230 g/mol. The fourth-order valence-corrected chi connectivity index (χ4v) is 0.893. The van der Waals surface area contributed by atoms with Gasteiger partial charge in [0.05, 0.1) is 25.5 Å². The average Bonchev–Trinajstić information content (AvgIpc) is 2.13. The first-order chi connectivity index (χ1) is 7.65. The van der Waals surface area contributed by atoms with Crippen molar-refractivity contribution < 1.29 is 29.0 Å². The molecule has 0 bridgehead atoms. The minimum atomic E-state index is -1.58. The van der Waals surface area contributed by atoms with Crippen molar-refractivity contribution in [1.82, 2.24) is 5.32 Å². The van der Waals surface area contributed by atoms with E-state index in [0.717, 1.165) is 7.11 Å². The van der Waals surface area contributed by atoms with E-state index in [1.165, 1.54) is 0 Å². The first-order valence-electron chi connectivity index (χ1n) is 4.93. The number of aliphatic carboxylic acids is 1. The monoisotopic (exact) mass is 246 g/mol. The van der Waals surface area contributed by atoms with Crippen LogP contribution in [0.15, 0.2) is 0 Å². The fourth-order valence-electron chi connectivity index (χ4n) is 0.893. The lowest BCUT2D eigenvalue weighted by Gasteiger charge is -2.23. The Morgan fingerprint density at radius 1 is 1.29 bits per heavy atom. The molecule has 0 heterocycles. The van der Waals surface area contributed by atoms with Crippen LogP contribution in [-0.2, 0) is 19.1 Å². The first-order valence-corrected chi connectivity index (χ1v) is 4.93. The average molecular weight is 246 g/mol. The highest BCUT2D eigenvalue weighted by Gasteiger charge is 2.22. The summed E-state index contributed by atoms with van der Waals surface area (Å²) in [6, 6.07) is -1.47. The van der Waals surface area contributed by atoms with Gasteiger partial charge in [-0.1, -0.05) is 0 Å². The molecule has 1 atom stereocenters. The number of carbonyl (C=O) groups excluding carboxylic acids is 3. The molecule has 98 valence electrons. The molecule has 7 heteroatoms. The lowest BCUT2D eigenvalue weighted by molar-refractivity contribution is -0.308. The molecule has 0 spiro atoms. The van der Waals surface area contributed by atoms with E-state index in [1.807, 2.05) is 5.32 Å². The molecule has 0 aliphatic heterocycles. The number of carbonyl (C=O) groups is 3. The highest BCUT2D eigenvalue weighted by atomic mass is 16.6. The summed E-state index contributed by atoms with van der Waals surface area (Å²) in [6.07, 6.45) is -1.45. The number of esters is 1. The second kappa shape index (κ2) is 6.07. The summed E-state index contributed by atoms with van der Waals surface area (Å²) in [5.74, 6) is -2.35. The van der Waals surface area contributed by atoms with Crippen LogP contribution in [0.25, 0.3) is 0 Å². The molecule has 0 aliphatic carbocycles. The molecule has 1 N–H and O–H groups in total. The normalized spacial score (nSPS) is 12.5. The van der Waals surface area contributed by atoms with Crippen LogP contribution in [0.1, 0.15) is 27.2 Å². The smallest absolute Gasteiger partial charge is 0.408 e. The molecule has 0 aromatic rings. The lowest BCUT2D eigenvalue weighted by Crippen LogP contribution is -2.50. The van der Waals surface area contributed by atoms with Gasteiger partial charge in [-0.05, 0) is 20.8 Å². The summed E-state index contributed by atoms with van der Waals surface area (Å²) in [6.45, 7) is 4.88. The van der Waals surface area contributed by atoms with Crippen LogP contribution >= 0.6 is 0 Å². The maximum Gasteiger partial charge on any atom is 0.408 e. The van der Waals surface area contributed by atoms with Crippen molar-refractivity contribution in [2.45, 2.75) is 38.8 Å². The third-order valence-corrected chi connectivity index (χ3v) is 1.57. The molecule has 0 saturated heterocycles. The van der Waals surface area contributed by atoms with Gasteiger partial charge in [-0.15, -0.1) is 0 Å². The van der Waals surface area contributed by atoms with E-state index in [2.05, 4.69) is 4.74 Å². The molecule has 0 rings (SSSR count). The van der Waals surface area contributed by atoms with Crippen LogP contribution in [0, 0.1) is 0 Å². The van der Waals surface area contributed by atoms with Gasteiger partial charge in [0, 0.05) is 0 Å². The highest BCUT2D eigenvalue weighted by Crippen LogP contribution is 2.07. The van der Waals surface area contributed by atoms with Gasteiger partial charge in [-0.3, -0.25) is 4.79 Å². The number of amides is 1. The molecule has 0 aromatic carbocycles. The van der Waals surface area contributed by atoms with Crippen LogP contribution in [0.5, 0.6) is 0 Å². The predicted octanol–water partition coefficient (Wildman–Crippen LogP) is -0.807. The quantitative estimate of drug-likeness (QED) is 0.650. The zero-order valence-electron chi connectivity index (χ0n) is 10.2.